The average molecular weight is 366 g/mol. The summed E-state index contributed by atoms with van der Waals surface area (Å²) < 4.78 is 0. The number of hydrogen-bond acceptors (Lipinski definition) is 2. The Morgan fingerprint density at radius 3 is 2.23 bits per heavy atom. The van der Waals surface area contributed by atoms with E-state index in [1.165, 1.54) is 12.8 Å². The zero-order valence-corrected chi connectivity index (χ0v) is 17.5. The fourth-order valence-corrected chi connectivity index (χ4v) is 5.21. The van der Waals surface area contributed by atoms with Crippen LogP contribution in [0.15, 0.2) is 47.5 Å². The molecule has 0 spiro atoms. The van der Waals surface area contributed by atoms with Gasteiger partial charge in [-0.05, 0) is 47.9 Å². The Balaban J connectivity index is 2.02. The van der Waals surface area contributed by atoms with Gasteiger partial charge in [-0.2, -0.15) is 0 Å². The van der Waals surface area contributed by atoms with E-state index in [1.807, 2.05) is 24.4 Å². The Morgan fingerprint density at radius 2 is 1.62 bits per heavy atom. The predicted molar refractivity (Wildman–Crippen MR) is 116 cm³/mol. The molecular weight excluding hydrogens is 334 g/mol. The Morgan fingerprint density at radius 1 is 0.962 bits per heavy atom. The molecule has 2 nitrogen and oxygen atoms in total. The van der Waals surface area contributed by atoms with Crippen molar-refractivity contribution in [3.8, 4) is 16.9 Å². The molecule has 0 heterocycles. The van der Waals surface area contributed by atoms with Crippen LogP contribution in [0.25, 0.3) is 11.1 Å². The number of rotatable bonds is 4. The SMILES string of the molecule is CC1CCC(N=Cc2c(-c3ccccc3)ccc([Si](C)(C)C)c2O)CC1. The van der Waals surface area contributed by atoms with Crippen LogP contribution in [0.5, 0.6) is 5.75 Å². The molecule has 3 rings (SSSR count). The zero-order valence-electron chi connectivity index (χ0n) is 16.5. The van der Waals surface area contributed by atoms with Crippen molar-refractivity contribution in [3.05, 3.63) is 48.0 Å². The first-order valence-electron chi connectivity index (χ1n) is 9.81. The van der Waals surface area contributed by atoms with Gasteiger partial charge in [0, 0.05) is 17.8 Å². The van der Waals surface area contributed by atoms with Crippen molar-refractivity contribution in [1.82, 2.24) is 0 Å². The summed E-state index contributed by atoms with van der Waals surface area (Å²) in [5.74, 6) is 1.25. The molecule has 1 saturated carbocycles. The summed E-state index contributed by atoms with van der Waals surface area (Å²) in [7, 11) is -1.62. The molecule has 1 N–H and O–H groups in total. The third kappa shape index (κ3) is 4.26. The number of hydrogen-bond donors (Lipinski definition) is 1. The highest BCUT2D eigenvalue weighted by Crippen LogP contribution is 2.30. The lowest BCUT2D eigenvalue weighted by atomic mass is 9.88. The molecule has 3 heteroatoms. The quantitative estimate of drug-likeness (QED) is 0.555. The fraction of sp³-hybridized carbons (Fsp3) is 0.435. The maximum absolute atomic E-state index is 11.1. The third-order valence-electron chi connectivity index (χ3n) is 5.51. The lowest BCUT2D eigenvalue weighted by Gasteiger charge is -2.24. The molecule has 26 heavy (non-hydrogen) atoms. The molecule has 0 radical (unpaired) electrons. The second-order valence-electron chi connectivity index (χ2n) is 8.73. The molecule has 0 atom stereocenters. The summed E-state index contributed by atoms with van der Waals surface area (Å²) in [6.07, 6.45) is 6.78. The number of nitrogens with zero attached hydrogens (tertiary/aromatic N) is 1. The lowest BCUT2D eigenvalue weighted by Crippen LogP contribution is -2.38. The second-order valence-corrected chi connectivity index (χ2v) is 13.8. The van der Waals surface area contributed by atoms with Crippen molar-refractivity contribution in [3.63, 3.8) is 0 Å². The van der Waals surface area contributed by atoms with E-state index in [1.54, 1.807) is 0 Å². The smallest absolute Gasteiger partial charge is 0.124 e. The topological polar surface area (TPSA) is 32.6 Å². The van der Waals surface area contributed by atoms with Gasteiger partial charge in [-0.1, -0.05) is 69.0 Å². The number of phenolic OH excluding ortho intramolecular Hbond substituents is 1. The summed E-state index contributed by atoms with van der Waals surface area (Å²) in [6.45, 7) is 9.14. The van der Waals surface area contributed by atoms with Crippen LogP contribution in [0.4, 0.5) is 0 Å². The van der Waals surface area contributed by atoms with Gasteiger partial charge < -0.3 is 5.11 Å². The van der Waals surface area contributed by atoms with Crippen LogP contribution >= 0.6 is 0 Å². The van der Waals surface area contributed by atoms with Crippen LogP contribution in [-0.4, -0.2) is 25.4 Å². The van der Waals surface area contributed by atoms with Gasteiger partial charge in [0.15, 0.2) is 0 Å². The Labute approximate surface area is 159 Å². The van der Waals surface area contributed by atoms with Crippen molar-refractivity contribution < 1.29 is 5.11 Å². The van der Waals surface area contributed by atoms with E-state index in [2.05, 4.69) is 50.8 Å². The molecule has 0 aliphatic heterocycles. The molecule has 0 saturated heterocycles. The van der Waals surface area contributed by atoms with E-state index in [9.17, 15) is 5.11 Å². The minimum absolute atomic E-state index is 0.393. The minimum atomic E-state index is -1.62. The molecule has 1 aliphatic carbocycles. The molecule has 0 aromatic heterocycles. The van der Waals surface area contributed by atoms with Crippen LogP contribution in [-0.2, 0) is 0 Å². The monoisotopic (exact) mass is 365 g/mol. The minimum Gasteiger partial charge on any atom is -0.507 e. The summed E-state index contributed by atoms with van der Waals surface area (Å²) >= 11 is 0. The molecule has 0 unspecified atom stereocenters. The van der Waals surface area contributed by atoms with Gasteiger partial charge in [-0.25, -0.2) is 0 Å². The maximum Gasteiger partial charge on any atom is 0.124 e. The molecule has 1 fully saturated rings. The Bertz CT molecular complexity index is 769. The van der Waals surface area contributed by atoms with E-state index in [4.69, 9.17) is 4.99 Å². The molecule has 2 aromatic rings. The summed E-state index contributed by atoms with van der Waals surface area (Å²) in [5.41, 5.74) is 3.08. The van der Waals surface area contributed by atoms with E-state index < -0.39 is 8.07 Å². The second kappa shape index (κ2) is 7.79. The first kappa shape index (κ1) is 18.9. The average Bonchev–Trinajstić information content (AvgIpc) is 2.61. The van der Waals surface area contributed by atoms with Crippen LogP contribution in [0.3, 0.4) is 0 Å². The van der Waals surface area contributed by atoms with Gasteiger partial charge in [-0.3, -0.25) is 4.99 Å². The largest absolute Gasteiger partial charge is 0.507 e. The van der Waals surface area contributed by atoms with E-state index >= 15 is 0 Å². The molecule has 2 aromatic carbocycles. The van der Waals surface area contributed by atoms with Gasteiger partial charge in [0.1, 0.15) is 5.75 Å². The Hall–Kier alpha value is -1.87. The number of aromatic hydroxyl groups is 1. The van der Waals surface area contributed by atoms with Crippen LogP contribution in [0.2, 0.25) is 19.6 Å². The van der Waals surface area contributed by atoms with Crippen LogP contribution in [0.1, 0.15) is 38.2 Å². The first-order chi connectivity index (χ1) is 12.4. The third-order valence-corrected chi connectivity index (χ3v) is 7.53. The summed E-state index contributed by atoms with van der Waals surface area (Å²) in [5, 5.41) is 12.2. The van der Waals surface area contributed by atoms with Gasteiger partial charge in [0.2, 0.25) is 0 Å². The highest BCUT2D eigenvalue weighted by Gasteiger charge is 2.24. The van der Waals surface area contributed by atoms with Crippen molar-refractivity contribution >= 4 is 19.5 Å². The molecule has 138 valence electrons. The van der Waals surface area contributed by atoms with E-state index in [0.717, 1.165) is 40.6 Å². The molecule has 0 amide bonds. The van der Waals surface area contributed by atoms with Crippen LogP contribution in [0, 0.1) is 5.92 Å². The van der Waals surface area contributed by atoms with Crippen molar-refractivity contribution in [1.29, 1.82) is 0 Å². The molecular formula is C23H31NOSi. The van der Waals surface area contributed by atoms with Crippen molar-refractivity contribution in [2.45, 2.75) is 58.3 Å². The van der Waals surface area contributed by atoms with E-state index in [-0.39, 0.29) is 0 Å². The summed E-state index contributed by atoms with van der Waals surface area (Å²) in [4.78, 5) is 4.89. The van der Waals surface area contributed by atoms with Gasteiger partial charge in [-0.15, -0.1) is 0 Å². The number of phenols is 1. The highest BCUT2D eigenvalue weighted by molar-refractivity contribution is 6.89. The van der Waals surface area contributed by atoms with Gasteiger partial charge >= 0.3 is 0 Å². The highest BCUT2D eigenvalue weighted by atomic mass is 28.3. The normalized spacial score (nSPS) is 21.2. The zero-order chi connectivity index (χ0) is 18.7. The van der Waals surface area contributed by atoms with Gasteiger partial charge in [0.05, 0.1) is 8.07 Å². The van der Waals surface area contributed by atoms with Crippen LogP contribution < -0.4 is 5.19 Å². The maximum atomic E-state index is 11.1. The predicted octanol–water partition coefficient (Wildman–Crippen LogP) is 5.60. The summed E-state index contributed by atoms with van der Waals surface area (Å²) in [6, 6.07) is 15.0. The van der Waals surface area contributed by atoms with Crippen molar-refractivity contribution in [2.24, 2.45) is 10.9 Å². The molecule has 0 bridgehead atoms. The fourth-order valence-electron chi connectivity index (χ4n) is 3.78. The Kier molecular flexibility index (Phi) is 5.66. The lowest BCUT2D eigenvalue weighted by molar-refractivity contribution is 0.350. The first-order valence-corrected chi connectivity index (χ1v) is 13.3. The molecule has 1 aliphatic rings. The number of aliphatic imine (C=N–C) groups is 1. The van der Waals surface area contributed by atoms with Crippen molar-refractivity contribution in [2.75, 3.05) is 0 Å². The number of benzene rings is 2. The standard InChI is InChI=1S/C23H31NOSi/c1-17-10-12-19(13-11-17)24-16-21-20(18-8-6-5-7-9-18)14-15-22(23(21)25)26(2,3)4/h5-9,14-17,19,25H,10-13H2,1-4H3. The van der Waals surface area contributed by atoms with E-state index in [0.29, 0.717) is 11.8 Å². The van der Waals surface area contributed by atoms with Gasteiger partial charge in [0.25, 0.3) is 0 Å².